The molecule has 1 fully saturated rings. The van der Waals surface area contributed by atoms with Crippen LogP contribution in [-0.2, 0) is 14.3 Å². The molecule has 1 amide bonds. The van der Waals surface area contributed by atoms with Gasteiger partial charge >= 0.3 is 0 Å². The fourth-order valence-electron chi connectivity index (χ4n) is 1.67. The van der Waals surface area contributed by atoms with Gasteiger partial charge in [0.05, 0.1) is 12.7 Å². The molecule has 2 N–H and O–H groups in total. The van der Waals surface area contributed by atoms with Crippen LogP contribution in [0.3, 0.4) is 0 Å². The van der Waals surface area contributed by atoms with Crippen molar-refractivity contribution in [2.45, 2.75) is 25.6 Å². The van der Waals surface area contributed by atoms with Crippen LogP contribution in [0.15, 0.2) is 0 Å². The van der Waals surface area contributed by atoms with Gasteiger partial charge in [0.15, 0.2) is 0 Å². The smallest absolute Gasteiger partial charge is 0.253 e. The normalized spacial score (nSPS) is 23.9. The first-order chi connectivity index (χ1) is 7.22. The number of nitrogens with zero attached hydrogens (tertiary/aromatic N) is 1. The summed E-state index contributed by atoms with van der Waals surface area (Å²) in [5.74, 6) is -0.0262. The number of carbonyl (C=O) groups excluding carboxylic acids is 1. The Labute approximate surface area is 90.5 Å². The van der Waals surface area contributed by atoms with Crippen molar-refractivity contribution < 1.29 is 14.3 Å². The largest absolute Gasteiger partial charge is 0.375 e. The number of carbonyl (C=O) groups is 1. The molecule has 15 heavy (non-hydrogen) atoms. The molecule has 5 nitrogen and oxygen atoms in total. The molecular weight excluding hydrogens is 196 g/mol. The van der Waals surface area contributed by atoms with Crippen LogP contribution in [0.1, 0.15) is 13.3 Å². The first kappa shape index (κ1) is 12.4. The lowest BCUT2D eigenvalue weighted by Gasteiger charge is -2.34. The maximum atomic E-state index is 11.9. The van der Waals surface area contributed by atoms with E-state index in [1.54, 1.807) is 4.90 Å². The van der Waals surface area contributed by atoms with Gasteiger partial charge in [-0.1, -0.05) is 6.92 Å². The van der Waals surface area contributed by atoms with Crippen LogP contribution in [0, 0.1) is 0 Å². The third-order valence-electron chi connectivity index (χ3n) is 2.68. The number of morpholine rings is 1. The molecule has 0 radical (unpaired) electrons. The quantitative estimate of drug-likeness (QED) is 0.694. The minimum Gasteiger partial charge on any atom is -0.375 e. The van der Waals surface area contributed by atoms with Crippen LogP contribution in [-0.4, -0.2) is 56.4 Å². The first-order valence-electron chi connectivity index (χ1n) is 5.36. The van der Waals surface area contributed by atoms with Gasteiger partial charge in [-0.3, -0.25) is 4.79 Å². The van der Waals surface area contributed by atoms with Gasteiger partial charge in [-0.25, -0.2) is 0 Å². The summed E-state index contributed by atoms with van der Waals surface area (Å²) in [6, 6.07) is 0. The minimum atomic E-state index is -0.513. The van der Waals surface area contributed by atoms with Crippen LogP contribution < -0.4 is 5.73 Å². The van der Waals surface area contributed by atoms with E-state index in [0.29, 0.717) is 19.7 Å². The Morgan fingerprint density at radius 2 is 2.47 bits per heavy atom. The highest BCUT2D eigenvalue weighted by atomic mass is 16.5. The monoisotopic (exact) mass is 216 g/mol. The molecule has 1 heterocycles. The van der Waals surface area contributed by atoms with Crippen LogP contribution >= 0.6 is 0 Å². The van der Waals surface area contributed by atoms with Gasteiger partial charge in [-0.15, -0.1) is 0 Å². The Morgan fingerprint density at radius 1 is 1.73 bits per heavy atom. The zero-order chi connectivity index (χ0) is 11.3. The van der Waals surface area contributed by atoms with Gasteiger partial charge in [0.1, 0.15) is 6.10 Å². The van der Waals surface area contributed by atoms with Gasteiger partial charge in [-0.05, 0) is 6.42 Å². The number of nitrogens with two attached hydrogens (primary N) is 1. The topological polar surface area (TPSA) is 64.8 Å². The fraction of sp³-hybridized carbons (Fsp3) is 0.900. The number of rotatable bonds is 4. The molecule has 5 heteroatoms. The van der Waals surface area contributed by atoms with Crippen molar-refractivity contribution in [2.24, 2.45) is 5.73 Å². The summed E-state index contributed by atoms with van der Waals surface area (Å²) in [5, 5.41) is 0. The molecule has 1 aliphatic heterocycles. The SMILES string of the molecule is CCC1CN(C(=O)C(CN)OC)CCO1. The average Bonchev–Trinajstić information content (AvgIpc) is 2.30. The Morgan fingerprint density at radius 3 is 3.00 bits per heavy atom. The summed E-state index contributed by atoms with van der Waals surface area (Å²) in [5.41, 5.74) is 5.45. The van der Waals surface area contributed by atoms with Crippen molar-refractivity contribution in [3.8, 4) is 0 Å². The van der Waals surface area contributed by atoms with Gasteiger partial charge in [-0.2, -0.15) is 0 Å². The van der Waals surface area contributed by atoms with Crippen LogP contribution in [0.4, 0.5) is 0 Å². The van der Waals surface area contributed by atoms with Crippen molar-refractivity contribution >= 4 is 5.91 Å². The summed E-state index contributed by atoms with van der Waals surface area (Å²) in [7, 11) is 1.51. The second-order valence-corrected chi connectivity index (χ2v) is 3.65. The van der Waals surface area contributed by atoms with Gasteiger partial charge < -0.3 is 20.1 Å². The van der Waals surface area contributed by atoms with E-state index in [1.165, 1.54) is 7.11 Å². The Kier molecular flexibility index (Phi) is 5.01. The average molecular weight is 216 g/mol. The maximum absolute atomic E-state index is 11.9. The van der Waals surface area contributed by atoms with Gasteiger partial charge in [0, 0.05) is 26.7 Å². The molecular formula is C10H20N2O3. The second-order valence-electron chi connectivity index (χ2n) is 3.65. The number of amides is 1. The molecule has 2 atom stereocenters. The predicted octanol–water partition coefficient (Wildman–Crippen LogP) is -0.402. The summed E-state index contributed by atoms with van der Waals surface area (Å²) in [4.78, 5) is 13.7. The van der Waals surface area contributed by atoms with Crippen LogP contribution in [0.25, 0.3) is 0 Å². The molecule has 2 unspecified atom stereocenters. The molecule has 0 spiro atoms. The maximum Gasteiger partial charge on any atom is 0.253 e. The number of methoxy groups -OCH3 is 1. The van der Waals surface area contributed by atoms with E-state index in [1.807, 2.05) is 0 Å². The van der Waals surface area contributed by atoms with E-state index < -0.39 is 6.10 Å². The molecule has 1 saturated heterocycles. The number of hydrogen-bond donors (Lipinski definition) is 1. The van der Waals surface area contributed by atoms with E-state index in [9.17, 15) is 4.79 Å². The van der Waals surface area contributed by atoms with Gasteiger partial charge in [0.2, 0.25) is 0 Å². The third kappa shape index (κ3) is 3.15. The lowest BCUT2D eigenvalue weighted by atomic mass is 10.2. The molecule has 1 aliphatic rings. The van der Waals surface area contributed by atoms with Crippen molar-refractivity contribution in [2.75, 3.05) is 33.4 Å². The molecule has 88 valence electrons. The Balaban J connectivity index is 2.51. The van der Waals surface area contributed by atoms with E-state index in [0.717, 1.165) is 6.42 Å². The van der Waals surface area contributed by atoms with Crippen molar-refractivity contribution in [3.63, 3.8) is 0 Å². The van der Waals surface area contributed by atoms with E-state index in [2.05, 4.69) is 6.92 Å². The molecule has 0 bridgehead atoms. The third-order valence-corrected chi connectivity index (χ3v) is 2.68. The molecule has 0 aromatic heterocycles. The van der Waals surface area contributed by atoms with Crippen molar-refractivity contribution in [1.82, 2.24) is 4.90 Å². The standard InChI is InChI=1S/C10H20N2O3/c1-3-8-7-12(4-5-15-8)10(13)9(6-11)14-2/h8-9H,3-7,11H2,1-2H3. The highest BCUT2D eigenvalue weighted by Crippen LogP contribution is 2.10. The van der Waals surface area contributed by atoms with Crippen molar-refractivity contribution in [3.05, 3.63) is 0 Å². The first-order valence-corrected chi connectivity index (χ1v) is 5.36. The van der Waals surface area contributed by atoms with E-state index in [4.69, 9.17) is 15.2 Å². The highest BCUT2D eigenvalue weighted by Gasteiger charge is 2.27. The lowest BCUT2D eigenvalue weighted by molar-refractivity contribution is -0.148. The predicted molar refractivity (Wildman–Crippen MR) is 56.5 cm³/mol. The second kappa shape index (κ2) is 6.05. The minimum absolute atomic E-state index is 0.0262. The molecule has 0 aliphatic carbocycles. The Hall–Kier alpha value is -0.650. The summed E-state index contributed by atoms with van der Waals surface area (Å²) in [6.07, 6.45) is 0.558. The number of ether oxygens (including phenoxy) is 2. The van der Waals surface area contributed by atoms with E-state index in [-0.39, 0.29) is 18.6 Å². The van der Waals surface area contributed by atoms with Crippen molar-refractivity contribution in [1.29, 1.82) is 0 Å². The van der Waals surface area contributed by atoms with Gasteiger partial charge in [0.25, 0.3) is 5.91 Å². The summed E-state index contributed by atoms with van der Waals surface area (Å²) >= 11 is 0. The summed E-state index contributed by atoms with van der Waals surface area (Å²) in [6.45, 7) is 4.16. The molecule has 0 saturated carbocycles. The van der Waals surface area contributed by atoms with Crippen LogP contribution in [0.2, 0.25) is 0 Å². The lowest BCUT2D eigenvalue weighted by Crippen LogP contribution is -2.51. The van der Waals surface area contributed by atoms with E-state index >= 15 is 0 Å². The Bertz CT molecular complexity index is 207. The zero-order valence-electron chi connectivity index (χ0n) is 9.44. The molecule has 0 aromatic rings. The van der Waals surface area contributed by atoms with Crippen LogP contribution in [0.5, 0.6) is 0 Å². The molecule has 0 aromatic carbocycles. The highest BCUT2D eigenvalue weighted by molar-refractivity contribution is 5.81. The fourth-order valence-corrected chi connectivity index (χ4v) is 1.67. The number of hydrogen-bond acceptors (Lipinski definition) is 4. The summed E-state index contributed by atoms with van der Waals surface area (Å²) < 4.78 is 10.5. The molecule has 1 rings (SSSR count). The zero-order valence-corrected chi connectivity index (χ0v) is 9.44.